The number of methoxy groups -OCH3 is 1. The molecule has 0 spiro atoms. The van der Waals surface area contributed by atoms with Gasteiger partial charge in [-0.3, -0.25) is 0 Å². The second-order valence-corrected chi connectivity index (χ2v) is 5.83. The second-order valence-electron chi connectivity index (χ2n) is 5.83. The van der Waals surface area contributed by atoms with Crippen LogP contribution in [0.25, 0.3) is 0 Å². The van der Waals surface area contributed by atoms with Crippen LogP contribution in [0.2, 0.25) is 0 Å². The predicted octanol–water partition coefficient (Wildman–Crippen LogP) is 2.55. The zero-order valence-electron chi connectivity index (χ0n) is 11.8. The fraction of sp³-hybridized carbons (Fsp3) is 0.625. The van der Waals surface area contributed by atoms with Gasteiger partial charge >= 0.3 is 0 Å². The van der Waals surface area contributed by atoms with Crippen LogP contribution in [-0.2, 0) is 11.3 Å². The molecule has 1 saturated heterocycles. The summed E-state index contributed by atoms with van der Waals surface area (Å²) in [7, 11) is 1.75. The van der Waals surface area contributed by atoms with Gasteiger partial charge in [0.1, 0.15) is 0 Å². The molecule has 1 heterocycles. The summed E-state index contributed by atoms with van der Waals surface area (Å²) >= 11 is 0. The quantitative estimate of drug-likeness (QED) is 0.880. The molecule has 2 fully saturated rings. The van der Waals surface area contributed by atoms with Gasteiger partial charge in [-0.2, -0.15) is 0 Å². The molecule has 1 saturated carbocycles. The van der Waals surface area contributed by atoms with Gasteiger partial charge in [0.2, 0.25) is 0 Å². The van der Waals surface area contributed by atoms with Gasteiger partial charge in [-0.1, -0.05) is 12.1 Å². The molecule has 3 heteroatoms. The number of hydrogen-bond acceptors (Lipinski definition) is 3. The lowest BCUT2D eigenvalue weighted by molar-refractivity contribution is 0.185. The molecular weight excluding hydrogens is 236 g/mol. The van der Waals surface area contributed by atoms with E-state index in [0.29, 0.717) is 12.6 Å². The Hall–Kier alpha value is -1.06. The standard InChI is InChI=1S/C16H24N2O/c1-19-12-13-4-2-6-16(10-13)18-9-3-5-15(11-18)17-14-7-8-14/h2,4,6,10,14-15,17H,3,5,7-9,11-12H2,1H3. The van der Waals surface area contributed by atoms with Crippen LogP contribution in [-0.4, -0.2) is 32.3 Å². The van der Waals surface area contributed by atoms with Gasteiger partial charge in [-0.05, 0) is 43.4 Å². The lowest BCUT2D eigenvalue weighted by Crippen LogP contribution is -2.46. The Bertz CT molecular complexity index is 417. The molecule has 1 unspecified atom stereocenters. The van der Waals surface area contributed by atoms with Gasteiger partial charge in [0, 0.05) is 38.0 Å². The van der Waals surface area contributed by atoms with E-state index >= 15 is 0 Å². The van der Waals surface area contributed by atoms with Gasteiger partial charge in [0.05, 0.1) is 6.61 Å². The molecule has 0 bridgehead atoms. The van der Waals surface area contributed by atoms with Crippen LogP contribution in [0.5, 0.6) is 0 Å². The van der Waals surface area contributed by atoms with E-state index in [1.165, 1.54) is 43.5 Å². The first-order valence-electron chi connectivity index (χ1n) is 7.44. The number of nitrogens with zero attached hydrogens (tertiary/aromatic N) is 1. The Morgan fingerprint density at radius 1 is 1.26 bits per heavy atom. The lowest BCUT2D eigenvalue weighted by Gasteiger charge is -2.35. The maximum absolute atomic E-state index is 5.22. The molecule has 0 radical (unpaired) electrons. The van der Waals surface area contributed by atoms with Crippen LogP contribution in [0.4, 0.5) is 5.69 Å². The average molecular weight is 260 g/mol. The van der Waals surface area contributed by atoms with Gasteiger partial charge < -0.3 is 15.0 Å². The fourth-order valence-corrected chi connectivity index (χ4v) is 2.94. The Kier molecular flexibility index (Phi) is 4.04. The molecule has 104 valence electrons. The summed E-state index contributed by atoms with van der Waals surface area (Å²) in [5.74, 6) is 0. The van der Waals surface area contributed by atoms with Crippen LogP contribution in [0.15, 0.2) is 24.3 Å². The van der Waals surface area contributed by atoms with Crippen molar-refractivity contribution in [3.8, 4) is 0 Å². The van der Waals surface area contributed by atoms with Crippen molar-refractivity contribution in [2.45, 2.75) is 44.4 Å². The van der Waals surface area contributed by atoms with Crippen molar-refractivity contribution in [3.63, 3.8) is 0 Å². The summed E-state index contributed by atoms with van der Waals surface area (Å²) in [6, 6.07) is 10.2. The van der Waals surface area contributed by atoms with Crippen molar-refractivity contribution in [1.82, 2.24) is 5.32 Å². The van der Waals surface area contributed by atoms with E-state index in [-0.39, 0.29) is 0 Å². The molecule has 1 N–H and O–H groups in total. The summed E-state index contributed by atoms with van der Waals surface area (Å²) in [4.78, 5) is 2.52. The number of rotatable bonds is 5. The van der Waals surface area contributed by atoms with Crippen LogP contribution in [0, 0.1) is 0 Å². The number of benzene rings is 1. The molecule has 1 aromatic rings. The number of nitrogens with one attached hydrogen (secondary N) is 1. The van der Waals surface area contributed by atoms with Crippen molar-refractivity contribution in [3.05, 3.63) is 29.8 Å². The normalized spacial score (nSPS) is 23.6. The van der Waals surface area contributed by atoms with E-state index in [2.05, 4.69) is 34.5 Å². The van der Waals surface area contributed by atoms with Gasteiger partial charge in [-0.15, -0.1) is 0 Å². The summed E-state index contributed by atoms with van der Waals surface area (Å²) in [5.41, 5.74) is 2.61. The predicted molar refractivity (Wildman–Crippen MR) is 78.5 cm³/mol. The van der Waals surface area contributed by atoms with Crippen molar-refractivity contribution < 1.29 is 4.74 Å². The summed E-state index contributed by atoms with van der Waals surface area (Å²) in [5, 5.41) is 3.77. The Morgan fingerprint density at radius 3 is 2.95 bits per heavy atom. The van der Waals surface area contributed by atoms with Crippen LogP contribution in [0.1, 0.15) is 31.2 Å². The van der Waals surface area contributed by atoms with E-state index < -0.39 is 0 Å². The SMILES string of the molecule is COCc1cccc(N2CCCC(NC3CC3)C2)c1. The third-order valence-corrected chi connectivity index (χ3v) is 4.06. The maximum atomic E-state index is 5.22. The lowest BCUT2D eigenvalue weighted by atomic mass is 10.0. The first kappa shape index (κ1) is 12.9. The third kappa shape index (κ3) is 3.48. The highest BCUT2D eigenvalue weighted by atomic mass is 16.5. The molecule has 1 aliphatic carbocycles. The minimum absolute atomic E-state index is 0.673. The van der Waals surface area contributed by atoms with Crippen molar-refractivity contribution in [1.29, 1.82) is 0 Å². The van der Waals surface area contributed by atoms with Gasteiger partial charge in [0.15, 0.2) is 0 Å². The van der Waals surface area contributed by atoms with Crippen molar-refractivity contribution in [2.75, 3.05) is 25.1 Å². The number of ether oxygens (including phenoxy) is 1. The van der Waals surface area contributed by atoms with Gasteiger partial charge in [-0.25, -0.2) is 0 Å². The molecule has 0 amide bonds. The third-order valence-electron chi connectivity index (χ3n) is 4.06. The van der Waals surface area contributed by atoms with E-state index in [1.54, 1.807) is 7.11 Å². The van der Waals surface area contributed by atoms with E-state index in [1.807, 2.05) is 0 Å². The average Bonchev–Trinajstić information content (AvgIpc) is 3.24. The number of hydrogen-bond donors (Lipinski definition) is 1. The number of anilines is 1. The summed E-state index contributed by atoms with van der Waals surface area (Å²) < 4.78 is 5.22. The Morgan fingerprint density at radius 2 is 2.16 bits per heavy atom. The number of piperidine rings is 1. The monoisotopic (exact) mass is 260 g/mol. The largest absolute Gasteiger partial charge is 0.380 e. The minimum Gasteiger partial charge on any atom is -0.380 e. The molecule has 3 rings (SSSR count). The maximum Gasteiger partial charge on any atom is 0.0713 e. The molecule has 1 aromatic carbocycles. The van der Waals surface area contributed by atoms with E-state index in [0.717, 1.165) is 12.6 Å². The first-order chi connectivity index (χ1) is 9.35. The van der Waals surface area contributed by atoms with Crippen LogP contribution >= 0.6 is 0 Å². The van der Waals surface area contributed by atoms with Crippen molar-refractivity contribution in [2.24, 2.45) is 0 Å². The minimum atomic E-state index is 0.673. The molecule has 3 nitrogen and oxygen atoms in total. The van der Waals surface area contributed by atoms with Crippen LogP contribution < -0.4 is 10.2 Å². The molecule has 1 atom stereocenters. The molecule has 0 aromatic heterocycles. The second kappa shape index (κ2) is 5.93. The fourth-order valence-electron chi connectivity index (χ4n) is 2.94. The molecule has 1 aliphatic heterocycles. The first-order valence-corrected chi connectivity index (χ1v) is 7.44. The van der Waals surface area contributed by atoms with E-state index in [4.69, 9.17) is 4.74 Å². The highest BCUT2D eigenvalue weighted by molar-refractivity contribution is 5.49. The summed E-state index contributed by atoms with van der Waals surface area (Å²) in [6.07, 6.45) is 5.36. The van der Waals surface area contributed by atoms with E-state index in [9.17, 15) is 0 Å². The zero-order chi connectivity index (χ0) is 13.1. The molecular formula is C16H24N2O. The Balaban J connectivity index is 1.64. The summed E-state index contributed by atoms with van der Waals surface area (Å²) in [6.45, 7) is 3.03. The molecule has 19 heavy (non-hydrogen) atoms. The van der Waals surface area contributed by atoms with Crippen molar-refractivity contribution >= 4 is 5.69 Å². The zero-order valence-corrected chi connectivity index (χ0v) is 11.8. The smallest absolute Gasteiger partial charge is 0.0713 e. The highest BCUT2D eigenvalue weighted by Gasteiger charge is 2.27. The van der Waals surface area contributed by atoms with Crippen LogP contribution in [0.3, 0.4) is 0 Å². The molecule has 2 aliphatic rings. The van der Waals surface area contributed by atoms with Gasteiger partial charge in [0.25, 0.3) is 0 Å². The topological polar surface area (TPSA) is 24.5 Å². The Labute approximate surface area is 115 Å². The highest BCUT2D eigenvalue weighted by Crippen LogP contribution is 2.25.